The minimum absolute atomic E-state index is 0.0717. The first-order chi connectivity index (χ1) is 9.67. The van der Waals surface area contributed by atoms with Crippen LogP contribution in [0.3, 0.4) is 0 Å². The molecular weight excluding hydrogens is 252 g/mol. The van der Waals surface area contributed by atoms with Gasteiger partial charge < -0.3 is 15.7 Å². The number of nitrogens with one attached hydrogen (secondary N) is 2. The van der Waals surface area contributed by atoms with Gasteiger partial charge in [0, 0.05) is 18.5 Å². The Morgan fingerprint density at radius 1 is 1.45 bits per heavy atom. The SMILES string of the molecule is CCCNC(=O)NC(C)c1cccc(C#CCCO)c1. The van der Waals surface area contributed by atoms with Gasteiger partial charge in [-0.2, -0.15) is 0 Å². The van der Waals surface area contributed by atoms with E-state index in [4.69, 9.17) is 5.11 Å². The summed E-state index contributed by atoms with van der Waals surface area (Å²) in [5.41, 5.74) is 1.89. The first-order valence-electron chi connectivity index (χ1n) is 6.91. The highest BCUT2D eigenvalue weighted by Gasteiger charge is 2.08. The molecular formula is C16H22N2O2. The number of carbonyl (C=O) groups is 1. The van der Waals surface area contributed by atoms with Gasteiger partial charge >= 0.3 is 6.03 Å². The maximum atomic E-state index is 11.6. The molecule has 4 heteroatoms. The van der Waals surface area contributed by atoms with Crippen molar-refractivity contribution in [3.8, 4) is 11.8 Å². The Kier molecular flexibility index (Phi) is 7.23. The maximum Gasteiger partial charge on any atom is 0.315 e. The Bertz CT molecular complexity index is 489. The van der Waals surface area contributed by atoms with Crippen LogP contribution in [0.1, 0.15) is 43.9 Å². The standard InChI is InChI=1S/C16H22N2O2/c1-3-10-17-16(20)18-13(2)15-9-6-8-14(12-15)7-4-5-11-19/h6,8-9,12-13,19H,3,5,10-11H2,1-2H3,(H2,17,18,20). The molecule has 1 aromatic carbocycles. The van der Waals surface area contributed by atoms with E-state index in [9.17, 15) is 4.79 Å². The fraction of sp³-hybridized carbons (Fsp3) is 0.438. The summed E-state index contributed by atoms with van der Waals surface area (Å²) < 4.78 is 0. The second-order valence-corrected chi connectivity index (χ2v) is 4.52. The van der Waals surface area contributed by atoms with E-state index in [1.165, 1.54) is 0 Å². The Morgan fingerprint density at radius 3 is 2.95 bits per heavy atom. The number of urea groups is 1. The first kappa shape index (κ1) is 16.1. The Labute approximate surface area is 120 Å². The number of aliphatic hydroxyl groups is 1. The van der Waals surface area contributed by atoms with E-state index in [0.717, 1.165) is 17.5 Å². The minimum atomic E-state index is -0.156. The van der Waals surface area contributed by atoms with Crippen LogP contribution in [0, 0.1) is 11.8 Å². The predicted molar refractivity (Wildman–Crippen MR) is 80.3 cm³/mol. The zero-order chi connectivity index (χ0) is 14.8. The van der Waals surface area contributed by atoms with Gasteiger partial charge in [-0.1, -0.05) is 30.9 Å². The van der Waals surface area contributed by atoms with E-state index in [1.54, 1.807) is 0 Å². The molecule has 4 nitrogen and oxygen atoms in total. The lowest BCUT2D eigenvalue weighted by molar-refractivity contribution is 0.238. The van der Waals surface area contributed by atoms with Crippen molar-refractivity contribution in [2.75, 3.05) is 13.2 Å². The van der Waals surface area contributed by atoms with E-state index in [2.05, 4.69) is 22.5 Å². The largest absolute Gasteiger partial charge is 0.395 e. The Morgan fingerprint density at radius 2 is 2.25 bits per heavy atom. The molecule has 0 spiro atoms. The number of benzene rings is 1. The molecule has 0 bridgehead atoms. The lowest BCUT2D eigenvalue weighted by Crippen LogP contribution is -2.37. The molecule has 0 aliphatic heterocycles. The number of hydrogen-bond acceptors (Lipinski definition) is 2. The van der Waals surface area contributed by atoms with Crippen LogP contribution in [-0.2, 0) is 0 Å². The van der Waals surface area contributed by atoms with Gasteiger partial charge in [0.05, 0.1) is 12.6 Å². The zero-order valence-corrected chi connectivity index (χ0v) is 12.1. The molecule has 108 valence electrons. The fourth-order valence-corrected chi connectivity index (χ4v) is 1.68. The van der Waals surface area contributed by atoms with Gasteiger partial charge in [-0.05, 0) is 31.0 Å². The summed E-state index contributed by atoms with van der Waals surface area (Å²) in [6, 6.07) is 7.51. The molecule has 2 amide bonds. The van der Waals surface area contributed by atoms with Crippen LogP contribution in [0.4, 0.5) is 4.79 Å². The smallest absolute Gasteiger partial charge is 0.315 e. The van der Waals surface area contributed by atoms with Crippen LogP contribution in [0.15, 0.2) is 24.3 Å². The van der Waals surface area contributed by atoms with E-state index in [0.29, 0.717) is 13.0 Å². The topological polar surface area (TPSA) is 61.4 Å². The molecule has 0 aliphatic rings. The van der Waals surface area contributed by atoms with Gasteiger partial charge in [0.2, 0.25) is 0 Å². The molecule has 20 heavy (non-hydrogen) atoms. The highest BCUT2D eigenvalue weighted by atomic mass is 16.2. The van der Waals surface area contributed by atoms with Crippen molar-refractivity contribution in [3.63, 3.8) is 0 Å². The Hall–Kier alpha value is -1.99. The summed E-state index contributed by atoms with van der Waals surface area (Å²) in [6.07, 6.45) is 1.38. The molecule has 0 fully saturated rings. The summed E-state index contributed by atoms with van der Waals surface area (Å²) >= 11 is 0. The monoisotopic (exact) mass is 274 g/mol. The van der Waals surface area contributed by atoms with Crippen LogP contribution >= 0.6 is 0 Å². The third-order valence-electron chi connectivity index (χ3n) is 2.74. The molecule has 1 aromatic rings. The predicted octanol–water partition coefficient (Wildman–Crippen LogP) is 2.19. The first-order valence-corrected chi connectivity index (χ1v) is 6.91. The average molecular weight is 274 g/mol. The van der Waals surface area contributed by atoms with E-state index in [1.807, 2.05) is 38.1 Å². The molecule has 1 atom stereocenters. The highest BCUT2D eigenvalue weighted by Crippen LogP contribution is 2.13. The van der Waals surface area contributed by atoms with Crippen molar-refractivity contribution in [2.45, 2.75) is 32.7 Å². The number of hydrogen-bond donors (Lipinski definition) is 3. The maximum absolute atomic E-state index is 11.6. The van der Waals surface area contributed by atoms with Gasteiger partial charge in [0.15, 0.2) is 0 Å². The lowest BCUT2D eigenvalue weighted by atomic mass is 10.1. The average Bonchev–Trinajstić information content (AvgIpc) is 2.45. The molecule has 0 aromatic heterocycles. The van der Waals surface area contributed by atoms with E-state index in [-0.39, 0.29) is 18.7 Å². The quantitative estimate of drug-likeness (QED) is 0.721. The molecule has 0 radical (unpaired) electrons. The second kappa shape index (κ2) is 9.00. The van der Waals surface area contributed by atoms with Gasteiger partial charge in [-0.15, -0.1) is 0 Å². The number of rotatable bonds is 5. The summed E-state index contributed by atoms with van der Waals surface area (Å²) in [4.78, 5) is 11.6. The van der Waals surface area contributed by atoms with Crippen LogP contribution < -0.4 is 10.6 Å². The van der Waals surface area contributed by atoms with Crippen LogP contribution in [0.25, 0.3) is 0 Å². The summed E-state index contributed by atoms with van der Waals surface area (Å²) in [5.74, 6) is 5.88. The number of amides is 2. The van der Waals surface area contributed by atoms with Crippen molar-refractivity contribution in [1.29, 1.82) is 0 Å². The summed E-state index contributed by atoms with van der Waals surface area (Å²) in [6.45, 7) is 4.69. The van der Waals surface area contributed by atoms with Crippen LogP contribution in [0.5, 0.6) is 0 Å². The van der Waals surface area contributed by atoms with Crippen molar-refractivity contribution in [3.05, 3.63) is 35.4 Å². The molecule has 0 aliphatic carbocycles. The van der Waals surface area contributed by atoms with Crippen molar-refractivity contribution >= 4 is 6.03 Å². The van der Waals surface area contributed by atoms with Crippen LogP contribution in [-0.4, -0.2) is 24.3 Å². The minimum Gasteiger partial charge on any atom is -0.395 e. The lowest BCUT2D eigenvalue weighted by Gasteiger charge is -2.15. The molecule has 1 rings (SSSR count). The van der Waals surface area contributed by atoms with E-state index < -0.39 is 0 Å². The molecule has 1 unspecified atom stereocenters. The molecule has 0 saturated carbocycles. The van der Waals surface area contributed by atoms with Gasteiger partial charge in [0.25, 0.3) is 0 Å². The molecule has 3 N–H and O–H groups in total. The Balaban J connectivity index is 2.64. The summed E-state index contributed by atoms with van der Waals surface area (Å²) in [7, 11) is 0. The summed E-state index contributed by atoms with van der Waals surface area (Å²) in [5, 5.41) is 14.4. The fourth-order valence-electron chi connectivity index (χ4n) is 1.68. The van der Waals surface area contributed by atoms with Gasteiger partial charge in [-0.3, -0.25) is 0 Å². The van der Waals surface area contributed by atoms with Gasteiger partial charge in [-0.25, -0.2) is 4.79 Å². The number of carbonyl (C=O) groups excluding carboxylic acids is 1. The molecule has 0 saturated heterocycles. The van der Waals surface area contributed by atoms with Crippen LogP contribution in [0.2, 0.25) is 0 Å². The number of aliphatic hydroxyl groups excluding tert-OH is 1. The van der Waals surface area contributed by atoms with Gasteiger partial charge in [0.1, 0.15) is 0 Å². The van der Waals surface area contributed by atoms with E-state index >= 15 is 0 Å². The molecule has 0 heterocycles. The van der Waals surface area contributed by atoms with Crippen molar-refractivity contribution in [1.82, 2.24) is 10.6 Å². The third-order valence-corrected chi connectivity index (χ3v) is 2.74. The second-order valence-electron chi connectivity index (χ2n) is 4.52. The zero-order valence-electron chi connectivity index (χ0n) is 12.1. The third kappa shape index (κ3) is 5.77. The highest BCUT2D eigenvalue weighted by molar-refractivity contribution is 5.74. The van der Waals surface area contributed by atoms with Crippen molar-refractivity contribution < 1.29 is 9.90 Å². The van der Waals surface area contributed by atoms with Crippen molar-refractivity contribution in [2.24, 2.45) is 0 Å². The normalized spacial score (nSPS) is 11.2.